The predicted octanol–water partition coefficient (Wildman–Crippen LogP) is 2.19. The van der Waals surface area contributed by atoms with Crippen LogP contribution in [0.1, 0.15) is 24.0 Å². The fourth-order valence-corrected chi connectivity index (χ4v) is 4.43. The van der Waals surface area contributed by atoms with Gasteiger partial charge in [-0.15, -0.1) is 0 Å². The van der Waals surface area contributed by atoms with E-state index in [-0.39, 0.29) is 5.25 Å². The van der Waals surface area contributed by atoms with Gasteiger partial charge in [0.1, 0.15) is 11.1 Å². The molecule has 1 atom stereocenters. The number of nitrogens with two attached hydrogens (primary N) is 1. The van der Waals surface area contributed by atoms with E-state index in [1.807, 2.05) is 18.2 Å². The lowest BCUT2D eigenvalue weighted by Gasteiger charge is -2.28. The van der Waals surface area contributed by atoms with E-state index in [9.17, 15) is 4.55 Å². The second-order valence-electron chi connectivity index (χ2n) is 6.62. The molecule has 2 heterocycles. The number of rotatable bonds is 5. The average Bonchev–Trinajstić information content (AvgIpc) is 3.53. The maximum Gasteiger partial charge on any atom is 0.153 e. The number of hydrogen-bond donors (Lipinski definition) is 2. The number of nitrogen functional groups attached to an aromatic ring is 1. The molecule has 0 amide bonds. The fraction of sp³-hybridized carbons (Fsp3) is 0.368. The van der Waals surface area contributed by atoms with Crippen molar-refractivity contribution in [1.29, 1.82) is 5.41 Å². The first-order valence-electron chi connectivity index (χ1n) is 8.81. The number of nitrogens with one attached hydrogen (secondary N) is 1. The quantitative estimate of drug-likeness (QED) is 0.478. The van der Waals surface area contributed by atoms with Crippen molar-refractivity contribution in [3.05, 3.63) is 47.7 Å². The average molecular weight is 370 g/mol. The molecule has 0 bridgehead atoms. The maximum atomic E-state index is 12.5. The third kappa shape index (κ3) is 3.56. The number of pyridine rings is 1. The third-order valence-electron chi connectivity index (χ3n) is 4.72. The minimum atomic E-state index is -1.01. The van der Waals surface area contributed by atoms with Gasteiger partial charge in [0, 0.05) is 55.0 Å². The van der Waals surface area contributed by atoms with Crippen molar-refractivity contribution in [3.63, 3.8) is 0 Å². The van der Waals surface area contributed by atoms with E-state index < -0.39 is 11.2 Å². The third-order valence-corrected chi connectivity index (χ3v) is 6.52. The van der Waals surface area contributed by atoms with E-state index in [1.54, 1.807) is 18.3 Å². The van der Waals surface area contributed by atoms with Gasteiger partial charge < -0.3 is 19.9 Å². The number of morpholine rings is 1. The molecule has 0 spiro atoms. The number of ether oxygens (including phenoxy) is 1. The highest BCUT2D eigenvalue weighted by molar-refractivity contribution is 7.92. The van der Waals surface area contributed by atoms with E-state index in [0.717, 1.165) is 42.2 Å². The van der Waals surface area contributed by atoms with Crippen LogP contribution in [0.3, 0.4) is 0 Å². The lowest BCUT2D eigenvalue weighted by Crippen LogP contribution is -2.36. The molecule has 2 fully saturated rings. The predicted molar refractivity (Wildman–Crippen MR) is 103 cm³/mol. The normalized spacial score (nSPS) is 18.6. The molecule has 0 radical (unpaired) electrons. The number of anilines is 2. The van der Waals surface area contributed by atoms with Crippen LogP contribution in [-0.4, -0.2) is 46.8 Å². The highest BCUT2D eigenvalue weighted by Gasteiger charge is 2.36. The summed E-state index contributed by atoms with van der Waals surface area (Å²) in [7, 11) is 0. The Balaban J connectivity index is 1.61. The van der Waals surface area contributed by atoms with Gasteiger partial charge >= 0.3 is 0 Å². The van der Waals surface area contributed by atoms with E-state index in [2.05, 4.69) is 9.88 Å². The lowest BCUT2D eigenvalue weighted by atomic mass is 10.0. The zero-order chi connectivity index (χ0) is 18.1. The summed E-state index contributed by atoms with van der Waals surface area (Å²) < 4.78 is 17.8. The summed E-state index contributed by atoms with van der Waals surface area (Å²) in [4.78, 5) is 7.34. The Labute approximate surface area is 156 Å². The van der Waals surface area contributed by atoms with Crippen LogP contribution in [0.2, 0.25) is 0 Å². The summed E-state index contributed by atoms with van der Waals surface area (Å²) in [5, 5.41) is 8.89. The minimum absolute atomic E-state index is 0.259. The smallest absolute Gasteiger partial charge is 0.153 e. The van der Waals surface area contributed by atoms with E-state index in [4.69, 9.17) is 15.9 Å². The standard InChI is InChI=1S/C19H22N4O2S/c20-17-4-3-15(26(24)14-1-2-14)12-16(17)19(21)13-5-6-22-18(11-13)23-7-9-25-10-8-23/h3-6,11-12,14,21H,1-2,7-10,20H2. The number of aromatic nitrogens is 1. The zero-order valence-electron chi connectivity index (χ0n) is 14.5. The summed E-state index contributed by atoms with van der Waals surface area (Å²) in [5.74, 6) is 0.840. The van der Waals surface area contributed by atoms with E-state index in [0.29, 0.717) is 30.2 Å². The molecule has 1 unspecified atom stereocenters. The van der Waals surface area contributed by atoms with Crippen molar-refractivity contribution in [2.75, 3.05) is 36.9 Å². The number of hydrogen-bond acceptors (Lipinski definition) is 6. The van der Waals surface area contributed by atoms with Crippen LogP contribution in [-0.2, 0) is 15.9 Å². The van der Waals surface area contributed by atoms with Crippen molar-refractivity contribution in [2.24, 2.45) is 0 Å². The van der Waals surface area contributed by atoms with Crippen LogP contribution in [0, 0.1) is 5.41 Å². The van der Waals surface area contributed by atoms with Gasteiger partial charge in [-0.1, -0.05) is 0 Å². The largest absolute Gasteiger partial charge is 0.611 e. The number of benzene rings is 1. The first kappa shape index (κ1) is 17.3. The van der Waals surface area contributed by atoms with Crippen molar-refractivity contribution in [3.8, 4) is 0 Å². The SMILES string of the molecule is N=C(c1ccnc(N2CCOCC2)c1)c1cc([S+]([O-])C2CC2)ccc1N. The Kier molecular flexibility index (Phi) is 4.84. The van der Waals surface area contributed by atoms with Crippen LogP contribution < -0.4 is 10.6 Å². The zero-order valence-corrected chi connectivity index (χ0v) is 15.3. The first-order valence-corrected chi connectivity index (χ1v) is 10.0. The Hall–Kier alpha value is -2.09. The molecule has 1 aromatic heterocycles. The molecule has 2 aliphatic rings. The van der Waals surface area contributed by atoms with Crippen molar-refractivity contribution >= 4 is 28.4 Å². The summed E-state index contributed by atoms with van der Waals surface area (Å²) in [6.45, 7) is 2.96. The molecule has 3 N–H and O–H groups in total. The molecule has 1 saturated carbocycles. The van der Waals surface area contributed by atoms with Gasteiger partial charge in [0.25, 0.3) is 0 Å². The molecule has 1 aliphatic heterocycles. The van der Waals surface area contributed by atoms with Gasteiger partial charge in [-0.25, -0.2) is 4.98 Å². The molecular formula is C19H22N4O2S. The Morgan fingerprint density at radius 1 is 1.23 bits per heavy atom. The van der Waals surface area contributed by atoms with Gasteiger partial charge in [0.05, 0.1) is 18.9 Å². The van der Waals surface area contributed by atoms with Crippen molar-refractivity contribution < 1.29 is 9.29 Å². The van der Waals surface area contributed by atoms with Crippen LogP contribution in [0.15, 0.2) is 41.4 Å². The fourth-order valence-electron chi connectivity index (χ4n) is 3.05. The van der Waals surface area contributed by atoms with Crippen molar-refractivity contribution in [1.82, 2.24) is 4.98 Å². The molecular weight excluding hydrogens is 348 g/mol. The molecule has 1 saturated heterocycles. The molecule has 1 aromatic carbocycles. The van der Waals surface area contributed by atoms with Crippen LogP contribution in [0.5, 0.6) is 0 Å². The molecule has 136 valence electrons. The molecule has 7 heteroatoms. The highest BCUT2D eigenvalue weighted by atomic mass is 32.2. The van der Waals surface area contributed by atoms with Gasteiger partial charge in [0.2, 0.25) is 0 Å². The summed E-state index contributed by atoms with van der Waals surface area (Å²) >= 11 is -1.01. The van der Waals surface area contributed by atoms with Gasteiger partial charge in [0.15, 0.2) is 4.90 Å². The molecule has 6 nitrogen and oxygen atoms in total. The first-order chi connectivity index (χ1) is 12.6. The van der Waals surface area contributed by atoms with Crippen LogP contribution in [0.4, 0.5) is 11.5 Å². The van der Waals surface area contributed by atoms with Gasteiger partial charge in [-0.2, -0.15) is 0 Å². The second kappa shape index (κ2) is 7.26. The molecule has 2 aromatic rings. The summed E-state index contributed by atoms with van der Waals surface area (Å²) in [5.41, 5.74) is 8.34. The Bertz CT molecular complexity index is 819. The molecule has 26 heavy (non-hydrogen) atoms. The summed E-state index contributed by atoms with van der Waals surface area (Å²) in [6.07, 6.45) is 3.74. The molecule has 1 aliphatic carbocycles. The Morgan fingerprint density at radius 3 is 2.73 bits per heavy atom. The number of nitrogens with zero attached hydrogens (tertiary/aromatic N) is 2. The minimum Gasteiger partial charge on any atom is -0.611 e. The second-order valence-corrected chi connectivity index (χ2v) is 8.36. The maximum absolute atomic E-state index is 12.5. The molecule has 4 rings (SSSR count). The van der Waals surface area contributed by atoms with Gasteiger partial charge in [-0.05, 0) is 35.4 Å². The highest BCUT2D eigenvalue weighted by Crippen LogP contribution is 2.34. The summed E-state index contributed by atoms with van der Waals surface area (Å²) in [6, 6.07) is 9.10. The Morgan fingerprint density at radius 2 is 2.00 bits per heavy atom. The van der Waals surface area contributed by atoms with E-state index >= 15 is 0 Å². The van der Waals surface area contributed by atoms with Crippen molar-refractivity contribution in [2.45, 2.75) is 23.0 Å². The van der Waals surface area contributed by atoms with E-state index in [1.165, 1.54) is 0 Å². The lowest BCUT2D eigenvalue weighted by molar-refractivity contribution is 0.122. The van der Waals surface area contributed by atoms with Crippen LogP contribution in [0.25, 0.3) is 0 Å². The van der Waals surface area contributed by atoms with Gasteiger partial charge in [-0.3, -0.25) is 5.41 Å². The topological polar surface area (TPSA) is 98.3 Å². The van der Waals surface area contributed by atoms with Crippen LogP contribution >= 0.6 is 0 Å². The monoisotopic (exact) mass is 370 g/mol.